The molecule has 1 aliphatic rings. The lowest BCUT2D eigenvalue weighted by atomic mass is 10.1. The number of hydrogen-bond donors (Lipinski definition) is 3. The lowest BCUT2D eigenvalue weighted by Gasteiger charge is -2.31. The number of carbonyl (C=O) groups excluding carboxylic acids is 1. The van der Waals surface area contributed by atoms with Gasteiger partial charge in [-0.3, -0.25) is 9.52 Å². The average Bonchev–Trinajstić information content (AvgIpc) is 2.85. The van der Waals surface area contributed by atoms with Gasteiger partial charge in [-0.15, -0.1) is 0 Å². The number of aryl methyl sites for hydroxylation is 2. The summed E-state index contributed by atoms with van der Waals surface area (Å²) < 4.78 is 28.9. The molecule has 0 bridgehead atoms. The van der Waals surface area contributed by atoms with Crippen LogP contribution in [0.3, 0.4) is 0 Å². The van der Waals surface area contributed by atoms with Crippen LogP contribution in [0.1, 0.15) is 27.0 Å². The van der Waals surface area contributed by atoms with Crippen LogP contribution in [0, 0.1) is 13.8 Å². The minimum atomic E-state index is -3.81. The van der Waals surface area contributed by atoms with Crippen molar-refractivity contribution in [2.45, 2.75) is 25.3 Å². The largest absolute Gasteiger partial charge is 0.368 e. The molecule has 178 valence electrons. The monoisotopic (exact) mass is 478 g/mol. The Balaban J connectivity index is 1.63. The highest BCUT2D eigenvalue weighted by Crippen LogP contribution is 2.27. The molecule has 1 amide bonds. The summed E-state index contributed by atoms with van der Waals surface area (Å²) in [4.78, 5) is 15.6. The Bertz CT molecular complexity index is 1270. The predicted octanol–water partition coefficient (Wildman–Crippen LogP) is 3.44. The van der Waals surface area contributed by atoms with Crippen LogP contribution in [-0.2, 0) is 16.6 Å². The van der Waals surface area contributed by atoms with E-state index in [0.717, 1.165) is 43.0 Å². The van der Waals surface area contributed by atoms with Crippen molar-refractivity contribution in [1.29, 1.82) is 0 Å². The molecule has 0 aliphatic carbocycles. The Morgan fingerprint density at radius 1 is 0.971 bits per heavy atom. The van der Waals surface area contributed by atoms with E-state index < -0.39 is 10.0 Å². The Labute approximate surface area is 201 Å². The van der Waals surface area contributed by atoms with Crippen molar-refractivity contribution in [2.75, 3.05) is 35.8 Å². The zero-order valence-corrected chi connectivity index (χ0v) is 20.3. The van der Waals surface area contributed by atoms with Gasteiger partial charge in [0, 0.05) is 44.1 Å². The molecule has 0 saturated carbocycles. The number of nitrogens with one attached hydrogen (secondary N) is 3. The van der Waals surface area contributed by atoms with Gasteiger partial charge in [0.1, 0.15) is 0 Å². The van der Waals surface area contributed by atoms with Crippen LogP contribution in [0.2, 0.25) is 0 Å². The zero-order chi connectivity index (χ0) is 24.1. The minimum absolute atomic E-state index is 0.230. The highest BCUT2D eigenvalue weighted by molar-refractivity contribution is 7.92. The molecule has 3 aromatic carbocycles. The molecule has 4 rings (SSSR count). The van der Waals surface area contributed by atoms with Crippen LogP contribution in [0.4, 0.5) is 11.4 Å². The summed E-state index contributed by atoms with van der Waals surface area (Å²) in [6.45, 7) is 7.20. The lowest BCUT2D eigenvalue weighted by Crippen LogP contribution is -2.44. The van der Waals surface area contributed by atoms with Gasteiger partial charge in [0.15, 0.2) is 0 Å². The van der Waals surface area contributed by atoms with E-state index in [1.807, 2.05) is 49.4 Å². The Hall–Kier alpha value is -3.36. The van der Waals surface area contributed by atoms with Gasteiger partial charge < -0.3 is 15.5 Å². The van der Waals surface area contributed by atoms with E-state index in [0.29, 0.717) is 23.4 Å². The molecular weight excluding hydrogens is 448 g/mol. The van der Waals surface area contributed by atoms with Crippen LogP contribution in [0.5, 0.6) is 0 Å². The summed E-state index contributed by atoms with van der Waals surface area (Å²) in [6.07, 6.45) is 0. The molecule has 1 fully saturated rings. The first kappa shape index (κ1) is 23.8. The van der Waals surface area contributed by atoms with E-state index in [1.165, 1.54) is 0 Å². The number of anilines is 2. The third-order valence-electron chi connectivity index (χ3n) is 5.88. The van der Waals surface area contributed by atoms with Gasteiger partial charge in [0.25, 0.3) is 15.9 Å². The third kappa shape index (κ3) is 5.58. The fraction of sp³-hybridized carbons (Fsp3) is 0.269. The first-order valence-electron chi connectivity index (χ1n) is 11.4. The molecule has 1 heterocycles. The topological polar surface area (TPSA) is 90.5 Å². The van der Waals surface area contributed by atoms with E-state index >= 15 is 0 Å². The molecule has 1 saturated heterocycles. The van der Waals surface area contributed by atoms with E-state index in [9.17, 15) is 13.2 Å². The number of rotatable bonds is 7. The van der Waals surface area contributed by atoms with Crippen molar-refractivity contribution in [2.24, 2.45) is 0 Å². The lowest BCUT2D eigenvalue weighted by molar-refractivity contribution is 0.0951. The van der Waals surface area contributed by atoms with Crippen molar-refractivity contribution in [3.8, 4) is 0 Å². The first-order chi connectivity index (χ1) is 16.3. The van der Waals surface area contributed by atoms with Gasteiger partial charge >= 0.3 is 0 Å². The maximum absolute atomic E-state index is 13.2. The van der Waals surface area contributed by atoms with Crippen molar-refractivity contribution in [3.05, 3.63) is 89.0 Å². The number of sulfonamides is 1. The summed E-state index contributed by atoms with van der Waals surface area (Å²) in [5, 5.41) is 6.29. The molecule has 7 nitrogen and oxygen atoms in total. The number of hydrogen-bond acceptors (Lipinski definition) is 5. The van der Waals surface area contributed by atoms with Gasteiger partial charge in [-0.1, -0.05) is 42.5 Å². The number of piperazine rings is 1. The summed E-state index contributed by atoms with van der Waals surface area (Å²) in [7, 11) is -3.81. The normalized spacial score (nSPS) is 14.0. The van der Waals surface area contributed by atoms with E-state index in [1.54, 1.807) is 31.2 Å². The predicted molar refractivity (Wildman–Crippen MR) is 136 cm³/mol. The molecule has 3 aromatic rings. The summed E-state index contributed by atoms with van der Waals surface area (Å²) in [5.41, 5.74) is 4.11. The standard InChI is InChI=1S/C26H30N4O3S/c1-19-8-9-20(2)25(16-19)34(32,33)29-22-10-11-24(30-14-12-27-13-15-30)23(17-22)26(31)28-18-21-6-4-3-5-7-21/h3-11,16-17,27,29H,12-15,18H2,1-2H3,(H,28,31). The fourth-order valence-electron chi connectivity index (χ4n) is 4.04. The van der Waals surface area contributed by atoms with Gasteiger partial charge in [-0.25, -0.2) is 8.42 Å². The third-order valence-corrected chi connectivity index (χ3v) is 7.40. The van der Waals surface area contributed by atoms with Crippen LogP contribution in [0.15, 0.2) is 71.6 Å². The van der Waals surface area contributed by atoms with Crippen LogP contribution < -0.4 is 20.3 Å². The first-order valence-corrected chi connectivity index (χ1v) is 12.8. The average molecular weight is 479 g/mol. The molecule has 0 unspecified atom stereocenters. The molecule has 34 heavy (non-hydrogen) atoms. The Kier molecular flexibility index (Phi) is 7.19. The second kappa shape index (κ2) is 10.3. The smallest absolute Gasteiger partial charge is 0.262 e. The van der Waals surface area contributed by atoms with Crippen LogP contribution in [-0.4, -0.2) is 40.5 Å². The highest BCUT2D eigenvalue weighted by Gasteiger charge is 2.22. The SMILES string of the molecule is Cc1ccc(C)c(S(=O)(=O)Nc2ccc(N3CCNCC3)c(C(=O)NCc3ccccc3)c2)c1. The quantitative estimate of drug-likeness (QED) is 0.484. The highest BCUT2D eigenvalue weighted by atomic mass is 32.2. The Morgan fingerprint density at radius 2 is 1.71 bits per heavy atom. The molecule has 0 aromatic heterocycles. The molecule has 3 N–H and O–H groups in total. The minimum Gasteiger partial charge on any atom is -0.368 e. The van der Waals surface area contributed by atoms with Crippen molar-refractivity contribution < 1.29 is 13.2 Å². The molecule has 8 heteroatoms. The van der Waals surface area contributed by atoms with E-state index in [4.69, 9.17) is 0 Å². The molecule has 0 atom stereocenters. The maximum atomic E-state index is 13.2. The summed E-state index contributed by atoms with van der Waals surface area (Å²) in [6, 6.07) is 20.2. The second-order valence-corrected chi connectivity index (χ2v) is 10.2. The van der Waals surface area contributed by atoms with Gasteiger partial charge in [0.05, 0.1) is 10.5 Å². The zero-order valence-electron chi connectivity index (χ0n) is 19.5. The molecular formula is C26H30N4O3S. The summed E-state index contributed by atoms with van der Waals surface area (Å²) >= 11 is 0. The molecule has 1 aliphatic heterocycles. The number of benzene rings is 3. The van der Waals surface area contributed by atoms with Crippen molar-refractivity contribution in [3.63, 3.8) is 0 Å². The van der Waals surface area contributed by atoms with Crippen molar-refractivity contribution >= 4 is 27.3 Å². The fourth-order valence-corrected chi connectivity index (χ4v) is 5.42. The maximum Gasteiger partial charge on any atom is 0.262 e. The molecule has 0 spiro atoms. The Morgan fingerprint density at radius 3 is 2.44 bits per heavy atom. The number of nitrogens with zero attached hydrogens (tertiary/aromatic N) is 1. The summed E-state index contributed by atoms with van der Waals surface area (Å²) in [5.74, 6) is -0.245. The molecule has 0 radical (unpaired) electrons. The van der Waals surface area contributed by atoms with Crippen molar-refractivity contribution in [1.82, 2.24) is 10.6 Å². The van der Waals surface area contributed by atoms with Gasteiger partial charge in [-0.2, -0.15) is 0 Å². The van der Waals surface area contributed by atoms with Gasteiger partial charge in [0.2, 0.25) is 0 Å². The van der Waals surface area contributed by atoms with Crippen LogP contribution >= 0.6 is 0 Å². The second-order valence-electron chi connectivity index (χ2n) is 8.51. The number of carbonyl (C=O) groups is 1. The van der Waals surface area contributed by atoms with Gasteiger partial charge in [-0.05, 0) is 54.8 Å². The van der Waals surface area contributed by atoms with E-state index in [-0.39, 0.29) is 10.8 Å². The van der Waals surface area contributed by atoms with E-state index in [2.05, 4.69) is 20.3 Å². The van der Waals surface area contributed by atoms with Crippen LogP contribution in [0.25, 0.3) is 0 Å². The number of amides is 1.